The van der Waals surface area contributed by atoms with Crippen LogP contribution >= 0.6 is 11.6 Å². The van der Waals surface area contributed by atoms with Crippen LogP contribution in [0.25, 0.3) is 0 Å². The Morgan fingerprint density at radius 1 is 1.19 bits per heavy atom. The van der Waals surface area contributed by atoms with E-state index >= 15 is 0 Å². The summed E-state index contributed by atoms with van der Waals surface area (Å²) < 4.78 is 5.77. The molecule has 2 heterocycles. The van der Waals surface area contributed by atoms with Crippen molar-refractivity contribution in [1.29, 1.82) is 0 Å². The van der Waals surface area contributed by atoms with Crippen molar-refractivity contribution < 1.29 is 14.3 Å². The Hall–Kier alpha value is -2.57. The average Bonchev–Trinajstić information content (AvgIpc) is 2.69. The highest BCUT2D eigenvalue weighted by Gasteiger charge is 2.34. The van der Waals surface area contributed by atoms with Gasteiger partial charge >= 0.3 is 0 Å². The van der Waals surface area contributed by atoms with Crippen molar-refractivity contribution in [2.75, 3.05) is 25.0 Å². The summed E-state index contributed by atoms with van der Waals surface area (Å²) in [5, 5.41) is 6.74. The number of fused-ring (bicyclic) bond motifs is 1. The van der Waals surface area contributed by atoms with Crippen LogP contribution in [0.2, 0.25) is 5.02 Å². The number of rotatable bonds is 3. The zero-order valence-electron chi connectivity index (χ0n) is 14.7. The molecule has 2 aromatic carbocycles. The average molecular weight is 386 g/mol. The molecule has 6 nitrogen and oxygen atoms in total. The first-order valence-electron chi connectivity index (χ1n) is 8.94. The summed E-state index contributed by atoms with van der Waals surface area (Å²) in [7, 11) is 0. The number of para-hydroxylation sites is 2. The molecule has 2 aromatic rings. The molecule has 2 amide bonds. The summed E-state index contributed by atoms with van der Waals surface area (Å²) >= 11 is 6.34. The van der Waals surface area contributed by atoms with Crippen LogP contribution in [-0.2, 0) is 9.59 Å². The Kier molecular flexibility index (Phi) is 5.01. The standard InChI is InChI=1S/C20H20ClN3O3/c21-14-6-2-1-5-13(14)16-12-22-9-10-24(16)19(25)11-18-20(26)23-15-7-3-4-8-17(15)27-18/h1-8,16,18,22H,9-12H2,(H,23,26). The lowest BCUT2D eigenvalue weighted by molar-refractivity contribution is -0.139. The highest BCUT2D eigenvalue weighted by molar-refractivity contribution is 6.31. The number of hydrogen-bond donors (Lipinski definition) is 2. The van der Waals surface area contributed by atoms with Gasteiger partial charge in [0, 0.05) is 24.7 Å². The van der Waals surface area contributed by atoms with Crippen molar-refractivity contribution in [2.24, 2.45) is 0 Å². The number of anilines is 1. The summed E-state index contributed by atoms with van der Waals surface area (Å²) in [4.78, 5) is 27.1. The van der Waals surface area contributed by atoms with Crippen LogP contribution in [0.1, 0.15) is 18.0 Å². The minimum Gasteiger partial charge on any atom is -0.478 e. The number of nitrogens with zero attached hydrogens (tertiary/aromatic N) is 1. The van der Waals surface area contributed by atoms with Gasteiger partial charge in [-0.1, -0.05) is 41.9 Å². The van der Waals surface area contributed by atoms with E-state index in [2.05, 4.69) is 10.6 Å². The third-order valence-corrected chi connectivity index (χ3v) is 5.24. The Morgan fingerprint density at radius 2 is 1.96 bits per heavy atom. The second-order valence-corrected chi connectivity index (χ2v) is 7.03. The third-order valence-electron chi connectivity index (χ3n) is 4.89. The number of halogens is 1. The minimum absolute atomic E-state index is 0.0128. The molecular formula is C20H20ClN3O3. The largest absolute Gasteiger partial charge is 0.478 e. The molecule has 0 aromatic heterocycles. The molecule has 0 spiro atoms. The molecule has 0 saturated carbocycles. The van der Waals surface area contributed by atoms with Gasteiger partial charge in [0.2, 0.25) is 5.91 Å². The highest BCUT2D eigenvalue weighted by atomic mass is 35.5. The third kappa shape index (κ3) is 3.63. The van der Waals surface area contributed by atoms with E-state index in [4.69, 9.17) is 16.3 Å². The second kappa shape index (κ2) is 7.58. The summed E-state index contributed by atoms with van der Waals surface area (Å²) in [6.07, 6.45) is -0.851. The molecule has 0 bridgehead atoms. The van der Waals surface area contributed by atoms with Crippen LogP contribution in [0.5, 0.6) is 5.75 Å². The van der Waals surface area contributed by atoms with Crippen LogP contribution in [-0.4, -0.2) is 42.5 Å². The Morgan fingerprint density at radius 3 is 2.81 bits per heavy atom. The van der Waals surface area contributed by atoms with Crippen LogP contribution in [0.3, 0.4) is 0 Å². The fraction of sp³-hybridized carbons (Fsp3) is 0.300. The first-order valence-corrected chi connectivity index (χ1v) is 9.32. The fourth-order valence-corrected chi connectivity index (χ4v) is 3.79. The quantitative estimate of drug-likeness (QED) is 0.852. The van der Waals surface area contributed by atoms with Gasteiger partial charge in [-0.15, -0.1) is 0 Å². The minimum atomic E-state index is -0.839. The smallest absolute Gasteiger partial charge is 0.266 e. The molecule has 140 valence electrons. The number of carbonyl (C=O) groups excluding carboxylic acids is 2. The Balaban J connectivity index is 1.51. The van der Waals surface area contributed by atoms with Crippen LogP contribution in [0.4, 0.5) is 5.69 Å². The number of piperazine rings is 1. The summed E-state index contributed by atoms with van der Waals surface area (Å²) in [5.41, 5.74) is 1.53. The number of hydrogen-bond acceptors (Lipinski definition) is 4. The first kappa shape index (κ1) is 17.8. The molecule has 2 atom stereocenters. The number of nitrogens with one attached hydrogen (secondary N) is 2. The van der Waals surface area contributed by atoms with E-state index in [0.29, 0.717) is 36.1 Å². The van der Waals surface area contributed by atoms with Gasteiger partial charge in [0.05, 0.1) is 18.2 Å². The molecule has 2 aliphatic rings. The molecule has 2 unspecified atom stereocenters. The molecule has 0 radical (unpaired) electrons. The predicted octanol–water partition coefficient (Wildman–Crippen LogP) is 2.60. The van der Waals surface area contributed by atoms with E-state index in [1.54, 1.807) is 17.0 Å². The molecule has 1 saturated heterocycles. The molecule has 27 heavy (non-hydrogen) atoms. The highest BCUT2D eigenvalue weighted by Crippen LogP contribution is 2.32. The van der Waals surface area contributed by atoms with E-state index in [0.717, 1.165) is 5.56 Å². The van der Waals surface area contributed by atoms with E-state index < -0.39 is 6.10 Å². The van der Waals surface area contributed by atoms with E-state index in [-0.39, 0.29) is 24.3 Å². The molecular weight excluding hydrogens is 366 g/mol. The van der Waals surface area contributed by atoms with E-state index in [1.165, 1.54) is 0 Å². The Bertz CT molecular complexity index is 873. The maximum Gasteiger partial charge on any atom is 0.266 e. The van der Waals surface area contributed by atoms with Crippen molar-refractivity contribution in [3.63, 3.8) is 0 Å². The van der Waals surface area contributed by atoms with Gasteiger partial charge in [-0.3, -0.25) is 9.59 Å². The number of carbonyl (C=O) groups is 2. The zero-order chi connectivity index (χ0) is 18.8. The van der Waals surface area contributed by atoms with Gasteiger partial charge in [-0.2, -0.15) is 0 Å². The summed E-state index contributed by atoms with van der Waals surface area (Å²) in [5.74, 6) is 0.158. The lowest BCUT2D eigenvalue weighted by atomic mass is 10.0. The fourth-order valence-electron chi connectivity index (χ4n) is 3.53. The molecule has 1 fully saturated rings. The predicted molar refractivity (Wildman–Crippen MR) is 103 cm³/mol. The maximum absolute atomic E-state index is 13.0. The van der Waals surface area contributed by atoms with Gasteiger partial charge in [-0.05, 0) is 23.8 Å². The zero-order valence-corrected chi connectivity index (χ0v) is 15.4. The maximum atomic E-state index is 13.0. The van der Waals surface area contributed by atoms with Crippen molar-refractivity contribution in [2.45, 2.75) is 18.6 Å². The van der Waals surface area contributed by atoms with Crippen LogP contribution < -0.4 is 15.4 Å². The van der Waals surface area contributed by atoms with Crippen molar-refractivity contribution in [1.82, 2.24) is 10.2 Å². The summed E-state index contributed by atoms with van der Waals surface area (Å²) in [6.45, 7) is 1.88. The monoisotopic (exact) mass is 385 g/mol. The lowest BCUT2D eigenvalue weighted by Crippen LogP contribution is -2.50. The topological polar surface area (TPSA) is 70.7 Å². The van der Waals surface area contributed by atoms with Crippen molar-refractivity contribution in [3.8, 4) is 5.75 Å². The van der Waals surface area contributed by atoms with Gasteiger partial charge in [0.1, 0.15) is 5.75 Å². The number of amides is 2. The molecule has 4 rings (SSSR count). The number of benzene rings is 2. The molecule has 7 heteroatoms. The molecule has 2 N–H and O–H groups in total. The van der Waals surface area contributed by atoms with Gasteiger partial charge in [0.25, 0.3) is 5.91 Å². The van der Waals surface area contributed by atoms with E-state index in [1.807, 2.05) is 36.4 Å². The van der Waals surface area contributed by atoms with Crippen LogP contribution in [0.15, 0.2) is 48.5 Å². The van der Waals surface area contributed by atoms with E-state index in [9.17, 15) is 9.59 Å². The lowest BCUT2D eigenvalue weighted by Gasteiger charge is -2.38. The van der Waals surface area contributed by atoms with Crippen molar-refractivity contribution in [3.05, 3.63) is 59.1 Å². The first-order chi connectivity index (χ1) is 13.1. The SMILES string of the molecule is O=C1Nc2ccccc2OC1CC(=O)N1CCNCC1c1ccccc1Cl. The Labute approximate surface area is 162 Å². The van der Waals surface area contributed by atoms with Crippen molar-refractivity contribution >= 4 is 29.1 Å². The number of ether oxygens (including phenoxy) is 1. The molecule has 2 aliphatic heterocycles. The van der Waals surface area contributed by atoms with Crippen LogP contribution in [0, 0.1) is 0 Å². The van der Waals surface area contributed by atoms with Gasteiger partial charge in [-0.25, -0.2) is 0 Å². The second-order valence-electron chi connectivity index (χ2n) is 6.62. The molecule has 0 aliphatic carbocycles. The van der Waals surface area contributed by atoms with Gasteiger partial charge < -0.3 is 20.3 Å². The summed E-state index contributed by atoms with van der Waals surface area (Å²) in [6, 6.07) is 14.6. The van der Waals surface area contributed by atoms with Gasteiger partial charge in [0.15, 0.2) is 6.10 Å². The normalized spacial score (nSPS) is 21.8.